The minimum Gasteiger partial charge on any atom is -0.485 e. The lowest BCUT2D eigenvalue weighted by atomic mass is 10.1. The SMILES string of the molecule is O=C(/C=C/c1ccc(OCc2ccccc2)c(OCc2ccccc2)c1)NCCCNCCCCNCCCNC(=O)/C=C/c1ccc(OCc2ccccc2)c(OCc2ccccc2)c1. The zero-order valence-electron chi connectivity index (χ0n) is 37.7. The van der Waals surface area contributed by atoms with E-state index >= 15 is 0 Å². The van der Waals surface area contributed by atoms with Crippen molar-refractivity contribution in [3.05, 3.63) is 203 Å². The second-order valence-corrected chi connectivity index (χ2v) is 15.7. The van der Waals surface area contributed by atoms with E-state index in [1.165, 1.54) is 0 Å². The largest absolute Gasteiger partial charge is 0.485 e. The Morgan fingerprint density at radius 2 is 0.682 bits per heavy atom. The minimum atomic E-state index is -0.139. The van der Waals surface area contributed by atoms with Crippen molar-refractivity contribution in [3.63, 3.8) is 0 Å². The van der Waals surface area contributed by atoms with E-state index in [-0.39, 0.29) is 11.8 Å². The third-order valence-corrected chi connectivity index (χ3v) is 10.4. The highest BCUT2D eigenvalue weighted by atomic mass is 16.5. The van der Waals surface area contributed by atoms with Gasteiger partial charge in [0.1, 0.15) is 26.4 Å². The Hall–Kier alpha value is -7.14. The van der Waals surface area contributed by atoms with Gasteiger partial charge >= 0.3 is 0 Å². The van der Waals surface area contributed by atoms with Crippen molar-refractivity contribution in [1.29, 1.82) is 0 Å². The molecule has 2 amide bonds. The third-order valence-electron chi connectivity index (χ3n) is 10.4. The number of rotatable bonds is 29. The first-order chi connectivity index (χ1) is 32.6. The van der Waals surface area contributed by atoms with E-state index in [1.54, 1.807) is 24.3 Å². The summed E-state index contributed by atoms with van der Waals surface area (Å²) in [7, 11) is 0. The topological polar surface area (TPSA) is 119 Å². The maximum atomic E-state index is 12.6. The quantitative estimate of drug-likeness (QED) is 0.0272. The van der Waals surface area contributed by atoms with E-state index in [2.05, 4.69) is 21.3 Å². The van der Waals surface area contributed by atoms with Gasteiger partial charge < -0.3 is 40.2 Å². The maximum Gasteiger partial charge on any atom is 0.243 e. The second kappa shape index (κ2) is 28.6. The Balaban J connectivity index is 0.793. The molecule has 0 aliphatic carbocycles. The summed E-state index contributed by atoms with van der Waals surface area (Å²) in [5, 5.41) is 12.9. The van der Waals surface area contributed by atoms with E-state index in [0.717, 1.165) is 85.2 Å². The number of ether oxygens (including phenoxy) is 4. The fourth-order valence-electron chi connectivity index (χ4n) is 6.72. The molecule has 0 heterocycles. The Morgan fingerprint density at radius 1 is 0.364 bits per heavy atom. The van der Waals surface area contributed by atoms with Crippen LogP contribution in [-0.4, -0.2) is 51.1 Å². The summed E-state index contributed by atoms with van der Waals surface area (Å²) in [6.45, 7) is 6.34. The molecule has 0 spiro atoms. The second-order valence-electron chi connectivity index (χ2n) is 15.7. The number of carbonyl (C=O) groups is 2. The van der Waals surface area contributed by atoms with E-state index in [9.17, 15) is 9.59 Å². The smallest absolute Gasteiger partial charge is 0.243 e. The van der Waals surface area contributed by atoms with Gasteiger partial charge in [-0.3, -0.25) is 9.59 Å². The van der Waals surface area contributed by atoms with Crippen LogP contribution in [0, 0.1) is 0 Å². The van der Waals surface area contributed by atoms with Crippen LogP contribution in [-0.2, 0) is 36.0 Å². The van der Waals surface area contributed by atoms with Gasteiger partial charge in [-0.15, -0.1) is 0 Å². The molecule has 0 radical (unpaired) electrons. The van der Waals surface area contributed by atoms with Crippen molar-refractivity contribution >= 4 is 24.0 Å². The van der Waals surface area contributed by atoms with E-state index in [0.29, 0.717) is 62.5 Å². The van der Waals surface area contributed by atoms with Crippen molar-refractivity contribution in [2.24, 2.45) is 0 Å². The lowest BCUT2D eigenvalue weighted by Gasteiger charge is -2.14. The molecule has 10 nitrogen and oxygen atoms in total. The van der Waals surface area contributed by atoms with E-state index in [4.69, 9.17) is 18.9 Å². The number of carbonyl (C=O) groups excluding carboxylic acids is 2. The molecule has 342 valence electrons. The molecule has 0 aromatic heterocycles. The molecule has 10 heteroatoms. The zero-order chi connectivity index (χ0) is 45.7. The van der Waals surface area contributed by atoms with Gasteiger partial charge in [0.05, 0.1) is 0 Å². The number of benzene rings is 6. The molecule has 0 saturated heterocycles. The average molecular weight is 887 g/mol. The van der Waals surface area contributed by atoms with Gasteiger partial charge in [0, 0.05) is 25.2 Å². The first kappa shape index (κ1) is 48.3. The highest BCUT2D eigenvalue weighted by Crippen LogP contribution is 2.32. The van der Waals surface area contributed by atoms with Crippen molar-refractivity contribution in [2.45, 2.75) is 52.1 Å². The van der Waals surface area contributed by atoms with Gasteiger partial charge in [0.25, 0.3) is 0 Å². The Kier molecular flexibility index (Phi) is 20.9. The first-order valence-electron chi connectivity index (χ1n) is 22.9. The molecular weight excluding hydrogens is 825 g/mol. The summed E-state index contributed by atoms with van der Waals surface area (Å²) in [5.74, 6) is 2.26. The van der Waals surface area contributed by atoms with Crippen LogP contribution in [0.2, 0.25) is 0 Å². The molecule has 0 aliphatic rings. The molecular formula is C56H62N4O6. The van der Waals surface area contributed by atoms with Crippen LogP contribution in [0.1, 0.15) is 59.1 Å². The van der Waals surface area contributed by atoms with Crippen molar-refractivity contribution in [1.82, 2.24) is 21.3 Å². The highest BCUT2D eigenvalue weighted by molar-refractivity contribution is 5.92. The zero-order valence-corrected chi connectivity index (χ0v) is 37.7. The number of nitrogens with one attached hydrogen (secondary N) is 4. The molecule has 0 unspecified atom stereocenters. The van der Waals surface area contributed by atoms with E-state index in [1.807, 2.05) is 158 Å². The van der Waals surface area contributed by atoms with Gasteiger partial charge in [-0.2, -0.15) is 0 Å². The fraction of sp³-hybridized carbons (Fsp3) is 0.250. The lowest BCUT2D eigenvalue weighted by molar-refractivity contribution is -0.117. The Bertz CT molecular complexity index is 2210. The van der Waals surface area contributed by atoms with Crippen LogP contribution in [0.4, 0.5) is 0 Å². The van der Waals surface area contributed by atoms with Crippen molar-refractivity contribution < 1.29 is 28.5 Å². The summed E-state index contributed by atoms with van der Waals surface area (Å²) in [4.78, 5) is 25.1. The van der Waals surface area contributed by atoms with Gasteiger partial charge in [0.2, 0.25) is 11.8 Å². The van der Waals surface area contributed by atoms with Crippen LogP contribution >= 0.6 is 0 Å². The molecule has 66 heavy (non-hydrogen) atoms. The van der Waals surface area contributed by atoms with Crippen LogP contribution in [0.25, 0.3) is 12.2 Å². The van der Waals surface area contributed by atoms with Gasteiger partial charge in [-0.25, -0.2) is 0 Å². The summed E-state index contributed by atoms with van der Waals surface area (Å²) < 4.78 is 24.6. The summed E-state index contributed by atoms with van der Waals surface area (Å²) in [5.41, 5.74) is 5.94. The number of unbranched alkanes of at least 4 members (excludes halogenated alkanes) is 1. The standard InChI is InChI=1S/C56H62N4O6/c61-55(31-27-45-25-29-51(63-41-47-17-5-1-6-18-47)53(39-45)65-43-49-21-9-3-10-22-49)59-37-15-35-57-33-13-14-34-58-36-16-38-60-56(62)32-28-46-26-30-52(64-42-48-19-7-2-8-20-48)54(40-46)66-44-50-23-11-4-12-24-50/h1-12,17-32,39-40,57-58H,13-16,33-38,41-44H2,(H,59,61)(H,60,62)/b31-27+,32-28+. The molecule has 4 N–H and O–H groups in total. The Labute approximate surface area is 390 Å². The number of amides is 2. The van der Waals surface area contributed by atoms with Gasteiger partial charge in [0.15, 0.2) is 23.0 Å². The summed E-state index contributed by atoms with van der Waals surface area (Å²) in [6.07, 6.45) is 10.5. The average Bonchev–Trinajstić information content (AvgIpc) is 3.36. The molecule has 0 saturated carbocycles. The van der Waals surface area contributed by atoms with Crippen LogP contribution in [0.15, 0.2) is 170 Å². The normalized spacial score (nSPS) is 11.1. The third kappa shape index (κ3) is 18.5. The van der Waals surface area contributed by atoms with E-state index < -0.39 is 0 Å². The maximum absolute atomic E-state index is 12.6. The van der Waals surface area contributed by atoms with Crippen molar-refractivity contribution in [3.8, 4) is 23.0 Å². The lowest BCUT2D eigenvalue weighted by Crippen LogP contribution is -2.27. The highest BCUT2D eigenvalue weighted by Gasteiger charge is 2.10. The molecule has 6 rings (SSSR count). The van der Waals surface area contributed by atoms with Crippen LogP contribution < -0.4 is 40.2 Å². The van der Waals surface area contributed by atoms with Gasteiger partial charge in [-0.05, 0) is 122 Å². The molecule has 6 aromatic carbocycles. The predicted molar refractivity (Wildman–Crippen MR) is 264 cm³/mol. The van der Waals surface area contributed by atoms with Crippen LogP contribution in [0.5, 0.6) is 23.0 Å². The molecule has 0 atom stereocenters. The summed E-state index contributed by atoms with van der Waals surface area (Å²) >= 11 is 0. The predicted octanol–water partition coefficient (Wildman–Crippen LogP) is 9.70. The summed E-state index contributed by atoms with van der Waals surface area (Å²) in [6, 6.07) is 51.4. The molecule has 6 aromatic rings. The molecule has 0 bridgehead atoms. The van der Waals surface area contributed by atoms with Crippen molar-refractivity contribution in [2.75, 3.05) is 39.3 Å². The monoisotopic (exact) mass is 886 g/mol. The molecule has 0 aliphatic heterocycles. The molecule has 0 fully saturated rings. The first-order valence-corrected chi connectivity index (χ1v) is 22.9. The van der Waals surface area contributed by atoms with Gasteiger partial charge in [-0.1, -0.05) is 133 Å². The Morgan fingerprint density at radius 3 is 1.03 bits per heavy atom. The fourth-order valence-corrected chi connectivity index (χ4v) is 6.72. The minimum absolute atomic E-state index is 0.139. The number of hydrogen-bond acceptors (Lipinski definition) is 8. The number of hydrogen-bond donors (Lipinski definition) is 4. The van der Waals surface area contributed by atoms with Crippen LogP contribution in [0.3, 0.4) is 0 Å².